The number of nitrogens with one attached hydrogen (secondary N) is 1. The van der Waals surface area contributed by atoms with Gasteiger partial charge in [0.2, 0.25) is 0 Å². The first-order valence-corrected chi connectivity index (χ1v) is 9.94. The Morgan fingerprint density at radius 1 is 1.12 bits per heavy atom. The summed E-state index contributed by atoms with van der Waals surface area (Å²) in [5.74, 6) is 1.70. The van der Waals surface area contributed by atoms with Crippen LogP contribution < -0.4 is 14.6 Å². The Balaban J connectivity index is 1.76. The van der Waals surface area contributed by atoms with Crippen LogP contribution in [0.1, 0.15) is 5.56 Å². The molecule has 3 rings (SSSR count). The second-order valence-corrected chi connectivity index (χ2v) is 7.75. The zero-order chi connectivity index (χ0) is 17.9. The fourth-order valence-electron chi connectivity index (χ4n) is 2.36. The van der Waals surface area contributed by atoms with Crippen molar-refractivity contribution in [2.75, 3.05) is 12.4 Å². The summed E-state index contributed by atoms with van der Waals surface area (Å²) >= 11 is 4.44. The molecule has 0 spiro atoms. The van der Waals surface area contributed by atoms with E-state index in [9.17, 15) is 0 Å². The van der Waals surface area contributed by atoms with Gasteiger partial charge in [0.15, 0.2) is 0 Å². The van der Waals surface area contributed by atoms with Crippen molar-refractivity contribution in [3.63, 3.8) is 0 Å². The summed E-state index contributed by atoms with van der Waals surface area (Å²) in [5.41, 5.74) is 1.70. The van der Waals surface area contributed by atoms with Crippen molar-refractivity contribution in [1.82, 2.24) is 9.97 Å². The first-order chi connectivity index (χ1) is 12.0. The number of methoxy groups -OCH3 is 1. The number of hydrogen-bond donors (Lipinski definition) is 3. The number of nitrogens with zero attached hydrogens (tertiary/aromatic N) is 2. The molecule has 1 aromatic heterocycles. The van der Waals surface area contributed by atoms with Gasteiger partial charge in [-0.3, -0.25) is 0 Å². The maximum Gasteiger partial charge on any atom is 0.375 e. The van der Waals surface area contributed by atoms with Crippen LogP contribution in [-0.2, 0) is 18.4 Å². The lowest BCUT2D eigenvalue weighted by atomic mass is 10.2. The van der Waals surface area contributed by atoms with Crippen molar-refractivity contribution >= 4 is 35.2 Å². The van der Waals surface area contributed by atoms with Crippen molar-refractivity contribution in [3.05, 3.63) is 54.4 Å². The van der Waals surface area contributed by atoms with E-state index >= 15 is 0 Å². The first kappa shape index (κ1) is 17.6. The smallest absolute Gasteiger partial charge is 0.375 e. The van der Waals surface area contributed by atoms with Crippen molar-refractivity contribution in [2.24, 2.45) is 0 Å². The summed E-state index contributed by atoms with van der Waals surface area (Å²) in [6.07, 6.45) is 1.49. The Bertz CT molecular complexity index is 930. The lowest BCUT2D eigenvalue weighted by molar-refractivity contribution is 0.370. The second kappa shape index (κ2) is 7.33. The number of para-hydroxylation sites is 1. The molecule has 0 aliphatic rings. The molecule has 3 N–H and O–H groups in total. The van der Waals surface area contributed by atoms with E-state index in [-0.39, 0.29) is 0 Å². The van der Waals surface area contributed by atoms with E-state index in [1.54, 1.807) is 31.4 Å². The number of benzene rings is 2. The molecule has 3 aromatic rings. The Morgan fingerprint density at radius 2 is 1.88 bits per heavy atom. The molecular formula is C16H16N3O4PS. The van der Waals surface area contributed by atoms with E-state index in [0.717, 1.165) is 16.5 Å². The van der Waals surface area contributed by atoms with Gasteiger partial charge in [-0.25, -0.2) is 9.97 Å². The van der Waals surface area contributed by atoms with E-state index in [1.165, 1.54) is 6.33 Å². The van der Waals surface area contributed by atoms with Crippen molar-refractivity contribution in [2.45, 2.75) is 6.54 Å². The molecule has 9 heteroatoms. The van der Waals surface area contributed by atoms with Crippen LogP contribution in [-0.4, -0.2) is 26.9 Å². The monoisotopic (exact) mass is 377 g/mol. The molecule has 2 aromatic carbocycles. The average Bonchev–Trinajstić information content (AvgIpc) is 2.59. The molecule has 0 unspecified atom stereocenters. The van der Waals surface area contributed by atoms with Gasteiger partial charge in [-0.15, -0.1) is 0 Å². The standard InChI is InChI=1S/C16H16N3O4PS/c1-22-14-4-2-3-13-15(14)18-10-19-16(13)17-9-11-5-7-12(8-6-11)23-24(20,21)25/h2-8,10H,9H2,1H3,(H,17,18,19)(H2,20,21,25). The fraction of sp³-hybridized carbons (Fsp3) is 0.125. The molecule has 0 saturated heterocycles. The van der Waals surface area contributed by atoms with E-state index < -0.39 is 6.72 Å². The number of hydrogen-bond acceptors (Lipinski definition) is 6. The molecule has 130 valence electrons. The highest BCUT2D eigenvalue weighted by Crippen LogP contribution is 2.37. The van der Waals surface area contributed by atoms with Crippen molar-refractivity contribution in [3.8, 4) is 11.5 Å². The minimum atomic E-state index is -3.71. The van der Waals surface area contributed by atoms with Gasteiger partial charge < -0.3 is 24.4 Å². The molecule has 0 saturated carbocycles. The zero-order valence-electron chi connectivity index (χ0n) is 13.3. The van der Waals surface area contributed by atoms with Gasteiger partial charge in [-0.05, 0) is 29.8 Å². The molecule has 0 atom stereocenters. The summed E-state index contributed by atoms with van der Waals surface area (Å²) in [7, 11) is 1.60. The maximum absolute atomic E-state index is 9.16. The first-order valence-electron chi connectivity index (χ1n) is 7.32. The average molecular weight is 377 g/mol. The van der Waals surface area contributed by atoms with Crippen LogP contribution in [0.5, 0.6) is 11.5 Å². The highest BCUT2D eigenvalue weighted by Gasteiger charge is 2.10. The molecule has 0 amide bonds. The SMILES string of the molecule is COc1cccc2c(NCc3ccc(OP(O)(O)=S)cc3)ncnc12. The maximum atomic E-state index is 9.16. The largest absolute Gasteiger partial charge is 0.494 e. The van der Waals surface area contributed by atoms with Gasteiger partial charge in [-0.1, -0.05) is 18.2 Å². The molecule has 0 aliphatic carbocycles. The highest BCUT2D eigenvalue weighted by atomic mass is 32.5. The molecule has 7 nitrogen and oxygen atoms in total. The van der Waals surface area contributed by atoms with Crippen molar-refractivity contribution in [1.29, 1.82) is 0 Å². The zero-order valence-corrected chi connectivity index (χ0v) is 15.0. The second-order valence-electron chi connectivity index (χ2n) is 5.16. The van der Waals surface area contributed by atoms with E-state index in [4.69, 9.17) is 19.0 Å². The Kier molecular flexibility index (Phi) is 5.15. The molecule has 0 bridgehead atoms. The Labute approximate surface area is 149 Å². The van der Waals surface area contributed by atoms with Crippen LogP contribution in [0.15, 0.2) is 48.8 Å². The van der Waals surface area contributed by atoms with Crippen LogP contribution in [0.2, 0.25) is 0 Å². The molecule has 0 fully saturated rings. The highest BCUT2D eigenvalue weighted by molar-refractivity contribution is 8.06. The summed E-state index contributed by atoms with van der Waals surface area (Å²) < 4.78 is 10.2. The molecule has 1 heterocycles. The minimum absolute atomic E-state index is 0.314. The fourth-order valence-corrected chi connectivity index (χ4v) is 3.01. The van der Waals surface area contributed by atoms with Crippen LogP contribution >= 0.6 is 6.72 Å². The predicted molar refractivity (Wildman–Crippen MR) is 99.2 cm³/mol. The van der Waals surface area contributed by atoms with Gasteiger partial charge in [-0.2, -0.15) is 0 Å². The third-order valence-electron chi connectivity index (χ3n) is 3.46. The summed E-state index contributed by atoms with van der Waals surface area (Å²) in [6.45, 7) is -3.19. The van der Waals surface area contributed by atoms with E-state index in [1.807, 2.05) is 18.2 Å². The predicted octanol–water partition coefficient (Wildman–Crippen LogP) is 2.84. The lowest BCUT2D eigenvalue weighted by Crippen LogP contribution is -2.03. The minimum Gasteiger partial charge on any atom is -0.494 e. The normalized spacial score (nSPS) is 11.3. The third kappa shape index (κ3) is 4.43. The number of anilines is 1. The molecule has 0 radical (unpaired) electrons. The van der Waals surface area contributed by atoms with Crippen LogP contribution in [0.3, 0.4) is 0 Å². The van der Waals surface area contributed by atoms with E-state index in [0.29, 0.717) is 23.9 Å². The van der Waals surface area contributed by atoms with Gasteiger partial charge in [0.25, 0.3) is 0 Å². The number of aromatic nitrogens is 2. The number of ether oxygens (including phenoxy) is 1. The molecule has 25 heavy (non-hydrogen) atoms. The van der Waals surface area contributed by atoms with Crippen LogP contribution in [0.25, 0.3) is 10.9 Å². The van der Waals surface area contributed by atoms with Crippen LogP contribution in [0, 0.1) is 0 Å². The summed E-state index contributed by atoms with van der Waals surface area (Å²) in [6, 6.07) is 12.5. The molecule has 0 aliphatic heterocycles. The summed E-state index contributed by atoms with van der Waals surface area (Å²) in [5, 5.41) is 4.13. The Hall–Kier alpha value is -2.25. The number of fused-ring (bicyclic) bond motifs is 1. The van der Waals surface area contributed by atoms with E-state index in [2.05, 4.69) is 27.1 Å². The molecular weight excluding hydrogens is 361 g/mol. The van der Waals surface area contributed by atoms with Gasteiger partial charge in [0, 0.05) is 23.7 Å². The summed E-state index contributed by atoms with van der Waals surface area (Å²) in [4.78, 5) is 26.9. The third-order valence-corrected chi connectivity index (χ3v) is 4.13. The van der Waals surface area contributed by atoms with Gasteiger partial charge in [0.1, 0.15) is 29.2 Å². The van der Waals surface area contributed by atoms with Gasteiger partial charge in [0.05, 0.1) is 7.11 Å². The van der Waals surface area contributed by atoms with Crippen LogP contribution in [0.4, 0.5) is 5.82 Å². The van der Waals surface area contributed by atoms with Crippen molar-refractivity contribution < 1.29 is 19.0 Å². The Morgan fingerprint density at radius 3 is 2.56 bits per heavy atom. The number of rotatable bonds is 6. The topological polar surface area (TPSA) is 96.7 Å². The quantitative estimate of drug-likeness (QED) is 0.565. The lowest BCUT2D eigenvalue weighted by Gasteiger charge is -2.12. The van der Waals surface area contributed by atoms with Gasteiger partial charge >= 0.3 is 6.72 Å².